The van der Waals surface area contributed by atoms with E-state index < -0.39 is 0 Å². The third-order valence-corrected chi connectivity index (χ3v) is 3.75. The van der Waals surface area contributed by atoms with Gasteiger partial charge in [0.05, 0.1) is 12.2 Å². The maximum Gasteiger partial charge on any atom is 0.276 e. The number of amides is 1. The van der Waals surface area contributed by atoms with Gasteiger partial charge in [0.1, 0.15) is 0 Å². The Labute approximate surface area is 118 Å². The molecule has 1 aromatic carbocycles. The van der Waals surface area contributed by atoms with Crippen LogP contribution in [0.3, 0.4) is 0 Å². The lowest BCUT2D eigenvalue weighted by molar-refractivity contribution is 0.0786. The second kappa shape index (κ2) is 5.45. The fourth-order valence-electron chi connectivity index (χ4n) is 2.53. The van der Waals surface area contributed by atoms with Gasteiger partial charge < -0.3 is 4.90 Å². The highest BCUT2D eigenvalue weighted by molar-refractivity contribution is 5.93. The predicted molar refractivity (Wildman–Crippen MR) is 75.4 cm³/mol. The van der Waals surface area contributed by atoms with Gasteiger partial charge in [0.15, 0.2) is 5.69 Å². The molecule has 0 atom stereocenters. The summed E-state index contributed by atoms with van der Waals surface area (Å²) in [5, 5.41) is 8.20. The normalized spacial score (nSPS) is 14.8. The Hall–Kier alpha value is -2.17. The van der Waals surface area contributed by atoms with Crippen LogP contribution < -0.4 is 0 Å². The van der Waals surface area contributed by atoms with E-state index >= 15 is 0 Å². The summed E-state index contributed by atoms with van der Waals surface area (Å²) in [6.45, 7) is 4.23. The molecule has 1 aromatic heterocycles. The average molecular weight is 270 g/mol. The van der Waals surface area contributed by atoms with Crippen LogP contribution in [-0.2, 0) is 6.54 Å². The highest BCUT2D eigenvalue weighted by Crippen LogP contribution is 2.14. The van der Waals surface area contributed by atoms with E-state index in [1.54, 1.807) is 4.68 Å². The Morgan fingerprint density at radius 3 is 2.60 bits per heavy atom. The van der Waals surface area contributed by atoms with Gasteiger partial charge in [-0.2, -0.15) is 0 Å². The molecular formula is C15H18N4O. The molecule has 1 saturated heterocycles. The molecule has 20 heavy (non-hydrogen) atoms. The molecule has 2 aromatic rings. The van der Waals surface area contributed by atoms with Crippen LogP contribution in [-0.4, -0.2) is 38.9 Å². The maximum absolute atomic E-state index is 12.3. The van der Waals surface area contributed by atoms with Crippen molar-refractivity contribution in [3.63, 3.8) is 0 Å². The van der Waals surface area contributed by atoms with Crippen molar-refractivity contribution in [1.29, 1.82) is 0 Å². The molecule has 104 valence electrons. The molecule has 5 heteroatoms. The standard InChI is InChI=1S/C15H18N4O/c1-12-14(15(20)18-9-5-6-10-18)16-17-19(12)11-13-7-3-2-4-8-13/h2-4,7-8H,5-6,9-11H2,1H3. The van der Waals surface area contributed by atoms with Crippen LogP contribution in [0, 0.1) is 6.92 Å². The Kier molecular flexibility index (Phi) is 3.50. The average Bonchev–Trinajstić information content (AvgIpc) is 3.11. The lowest BCUT2D eigenvalue weighted by Crippen LogP contribution is -2.28. The van der Waals surface area contributed by atoms with E-state index in [0.29, 0.717) is 12.2 Å². The van der Waals surface area contributed by atoms with Crippen molar-refractivity contribution in [2.24, 2.45) is 0 Å². The Bertz CT molecular complexity index is 600. The number of rotatable bonds is 3. The molecule has 1 fully saturated rings. The second-order valence-electron chi connectivity index (χ2n) is 5.17. The third kappa shape index (κ3) is 2.43. The molecule has 0 unspecified atom stereocenters. The zero-order valence-corrected chi connectivity index (χ0v) is 11.6. The van der Waals surface area contributed by atoms with Gasteiger partial charge in [0.25, 0.3) is 5.91 Å². The van der Waals surface area contributed by atoms with E-state index in [4.69, 9.17) is 0 Å². The first-order valence-electron chi connectivity index (χ1n) is 6.99. The Balaban J connectivity index is 1.80. The molecule has 0 radical (unpaired) electrons. The fraction of sp³-hybridized carbons (Fsp3) is 0.400. The number of hydrogen-bond donors (Lipinski definition) is 0. The summed E-state index contributed by atoms with van der Waals surface area (Å²) in [4.78, 5) is 14.2. The molecule has 0 N–H and O–H groups in total. The minimum Gasteiger partial charge on any atom is -0.337 e. The molecule has 1 aliphatic heterocycles. The van der Waals surface area contributed by atoms with Gasteiger partial charge in [-0.1, -0.05) is 35.5 Å². The summed E-state index contributed by atoms with van der Waals surface area (Å²) in [5.74, 6) is 0.0133. The highest BCUT2D eigenvalue weighted by Gasteiger charge is 2.24. The number of aromatic nitrogens is 3. The van der Waals surface area contributed by atoms with E-state index in [-0.39, 0.29) is 5.91 Å². The van der Waals surface area contributed by atoms with Crippen LogP contribution in [0.1, 0.15) is 34.6 Å². The zero-order chi connectivity index (χ0) is 13.9. The third-order valence-electron chi connectivity index (χ3n) is 3.75. The molecule has 5 nitrogen and oxygen atoms in total. The van der Waals surface area contributed by atoms with Gasteiger partial charge >= 0.3 is 0 Å². The lowest BCUT2D eigenvalue weighted by Gasteiger charge is -2.13. The van der Waals surface area contributed by atoms with E-state index in [1.807, 2.05) is 42.2 Å². The molecule has 2 heterocycles. The summed E-state index contributed by atoms with van der Waals surface area (Å²) >= 11 is 0. The molecule has 0 saturated carbocycles. The highest BCUT2D eigenvalue weighted by atomic mass is 16.2. The van der Waals surface area contributed by atoms with Crippen LogP contribution in [0.4, 0.5) is 0 Å². The topological polar surface area (TPSA) is 51.0 Å². The zero-order valence-electron chi connectivity index (χ0n) is 11.6. The molecule has 0 spiro atoms. The van der Waals surface area contributed by atoms with Gasteiger partial charge in [0.2, 0.25) is 0 Å². The molecular weight excluding hydrogens is 252 g/mol. The summed E-state index contributed by atoms with van der Waals surface area (Å²) in [7, 11) is 0. The summed E-state index contributed by atoms with van der Waals surface area (Å²) in [6.07, 6.45) is 2.17. The molecule has 0 bridgehead atoms. The summed E-state index contributed by atoms with van der Waals surface area (Å²) < 4.78 is 1.79. The summed E-state index contributed by atoms with van der Waals surface area (Å²) in [5.41, 5.74) is 2.48. The van der Waals surface area contributed by atoms with Crippen LogP contribution >= 0.6 is 0 Å². The number of carbonyl (C=O) groups is 1. The number of carbonyl (C=O) groups excluding carboxylic acids is 1. The first-order valence-corrected chi connectivity index (χ1v) is 6.99. The van der Waals surface area contributed by atoms with Crippen molar-refractivity contribution in [3.8, 4) is 0 Å². The Morgan fingerprint density at radius 1 is 1.20 bits per heavy atom. The van der Waals surface area contributed by atoms with Crippen molar-refractivity contribution in [2.75, 3.05) is 13.1 Å². The first kappa shape index (κ1) is 12.8. The van der Waals surface area contributed by atoms with Crippen molar-refractivity contribution in [3.05, 3.63) is 47.3 Å². The fourth-order valence-corrected chi connectivity index (χ4v) is 2.53. The quantitative estimate of drug-likeness (QED) is 0.855. The number of benzene rings is 1. The minimum atomic E-state index is 0.0133. The predicted octanol–water partition coefficient (Wildman–Crippen LogP) is 1.87. The van der Waals surface area contributed by atoms with E-state index in [2.05, 4.69) is 10.3 Å². The van der Waals surface area contributed by atoms with E-state index in [1.165, 1.54) is 0 Å². The van der Waals surface area contributed by atoms with Gasteiger partial charge in [-0.25, -0.2) is 4.68 Å². The lowest BCUT2D eigenvalue weighted by atomic mass is 10.2. The first-order chi connectivity index (χ1) is 9.75. The van der Waals surface area contributed by atoms with Crippen LogP contribution in [0.25, 0.3) is 0 Å². The van der Waals surface area contributed by atoms with Crippen molar-refractivity contribution >= 4 is 5.91 Å². The maximum atomic E-state index is 12.3. The monoisotopic (exact) mass is 270 g/mol. The molecule has 1 aliphatic rings. The summed E-state index contributed by atoms with van der Waals surface area (Å²) in [6, 6.07) is 10.1. The SMILES string of the molecule is Cc1c(C(=O)N2CCCC2)nnn1Cc1ccccc1. The van der Waals surface area contributed by atoms with Crippen LogP contribution in [0.2, 0.25) is 0 Å². The molecule has 1 amide bonds. The number of hydrogen-bond acceptors (Lipinski definition) is 3. The van der Waals surface area contributed by atoms with E-state index in [0.717, 1.165) is 37.2 Å². The van der Waals surface area contributed by atoms with Crippen LogP contribution in [0.5, 0.6) is 0 Å². The van der Waals surface area contributed by atoms with Crippen LogP contribution in [0.15, 0.2) is 30.3 Å². The second-order valence-corrected chi connectivity index (χ2v) is 5.17. The van der Waals surface area contributed by atoms with Crippen molar-refractivity contribution < 1.29 is 4.79 Å². The molecule has 3 rings (SSSR count). The van der Waals surface area contributed by atoms with Crippen molar-refractivity contribution in [2.45, 2.75) is 26.3 Å². The molecule has 0 aliphatic carbocycles. The number of nitrogens with zero attached hydrogens (tertiary/aromatic N) is 4. The van der Waals surface area contributed by atoms with Crippen molar-refractivity contribution in [1.82, 2.24) is 19.9 Å². The Morgan fingerprint density at radius 2 is 1.90 bits per heavy atom. The smallest absolute Gasteiger partial charge is 0.276 e. The van der Waals surface area contributed by atoms with Gasteiger partial charge in [0, 0.05) is 13.1 Å². The van der Waals surface area contributed by atoms with Gasteiger partial charge in [-0.3, -0.25) is 4.79 Å². The van der Waals surface area contributed by atoms with Gasteiger partial charge in [-0.05, 0) is 25.3 Å². The largest absolute Gasteiger partial charge is 0.337 e. The number of likely N-dealkylation sites (tertiary alicyclic amines) is 1. The van der Waals surface area contributed by atoms with E-state index in [9.17, 15) is 4.79 Å². The van der Waals surface area contributed by atoms with Gasteiger partial charge in [-0.15, -0.1) is 5.10 Å². The minimum absolute atomic E-state index is 0.0133.